The Morgan fingerprint density at radius 3 is 2.12 bits per heavy atom. The topological polar surface area (TPSA) is 58.2 Å². The van der Waals surface area contributed by atoms with Crippen molar-refractivity contribution in [3.8, 4) is 0 Å². The fraction of sp³-hybridized carbons (Fsp3) is 0.692. The Kier molecular flexibility index (Phi) is 4.32. The molecule has 0 radical (unpaired) electrons. The van der Waals surface area contributed by atoms with Crippen LogP contribution in [0.5, 0.6) is 0 Å². The first kappa shape index (κ1) is 13.7. The fourth-order valence-corrected chi connectivity index (χ4v) is 1.79. The highest BCUT2D eigenvalue weighted by molar-refractivity contribution is 5.73. The molecule has 0 aromatic heterocycles. The second-order valence-corrected chi connectivity index (χ2v) is 5.60. The lowest BCUT2D eigenvalue weighted by Crippen LogP contribution is -2.36. The van der Waals surface area contributed by atoms with Crippen LogP contribution < -0.4 is 21.5 Å². The van der Waals surface area contributed by atoms with Gasteiger partial charge in [0.15, 0.2) is 0 Å². The van der Waals surface area contributed by atoms with Crippen LogP contribution in [0.25, 0.3) is 0 Å². The summed E-state index contributed by atoms with van der Waals surface area (Å²) < 4.78 is 0. The summed E-state index contributed by atoms with van der Waals surface area (Å²) in [5, 5.41) is 5.78. The minimum absolute atomic E-state index is 0.359. The SMILES string of the molecule is CNc1c(NCCCCC(C)(C)C)c(=O)c1=O. The minimum Gasteiger partial charge on any atom is -0.383 e. The van der Waals surface area contributed by atoms with Crippen molar-refractivity contribution < 1.29 is 0 Å². The molecule has 0 fully saturated rings. The second-order valence-electron chi connectivity index (χ2n) is 5.60. The van der Waals surface area contributed by atoms with E-state index in [4.69, 9.17) is 0 Å². The maximum absolute atomic E-state index is 11.2. The molecule has 0 heterocycles. The third kappa shape index (κ3) is 3.58. The molecule has 0 atom stereocenters. The maximum atomic E-state index is 11.2. The molecule has 4 heteroatoms. The maximum Gasteiger partial charge on any atom is 0.253 e. The first-order valence-corrected chi connectivity index (χ1v) is 6.12. The molecular formula is C13H22N2O2. The van der Waals surface area contributed by atoms with Crippen LogP contribution in [0.1, 0.15) is 40.0 Å². The summed E-state index contributed by atoms with van der Waals surface area (Å²) >= 11 is 0. The van der Waals surface area contributed by atoms with Crippen molar-refractivity contribution >= 4 is 11.4 Å². The van der Waals surface area contributed by atoms with Gasteiger partial charge in [-0.1, -0.05) is 27.2 Å². The summed E-state index contributed by atoms with van der Waals surface area (Å²) in [7, 11) is 1.65. The third-order valence-corrected chi connectivity index (χ3v) is 2.82. The molecule has 0 aliphatic heterocycles. The zero-order valence-corrected chi connectivity index (χ0v) is 11.1. The molecule has 1 rings (SSSR count). The predicted octanol–water partition coefficient (Wildman–Crippen LogP) is 1.95. The van der Waals surface area contributed by atoms with Gasteiger partial charge in [-0.15, -0.1) is 0 Å². The number of nitrogens with one attached hydrogen (secondary N) is 2. The van der Waals surface area contributed by atoms with Crippen molar-refractivity contribution in [2.24, 2.45) is 5.41 Å². The lowest BCUT2D eigenvalue weighted by Gasteiger charge is -2.18. The third-order valence-electron chi connectivity index (χ3n) is 2.82. The van der Waals surface area contributed by atoms with E-state index in [9.17, 15) is 9.59 Å². The number of hydrogen-bond acceptors (Lipinski definition) is 4. The van der Waals surface area contributed by atoms with E-state index in [2.05, 4.69) is 31.4 Å². The Bertz CT molecular complexity index is 437. The van der Waals surface area contributed by atoms with Gasteiger partial charge < -0.3 is 10.6 Å². The highest BCUT2D eigenvalue weighted by atomic mass is 16.2. The van der Waals surface area contributed by atoms with Crippen LogP contribution >= 0.6 is 0 Å². The Morgan fingerprint density at radius 1 is 1.00 bits per heavy atom. The van der Waals surface area contributed by atoms with E-state index in [1.54, 1.807) is 7.05 Å². The van der Waals surface area contributed by atoms with Gasteiger partial charge in [-0.3, -0.25) is 9.59 Å². The normalized spacial score (nSPS) is 11.8. The summed E-state index contributed by atoms with van der Waals surface area (Å²) in [6.45, 7) is 7.40. The summed E-state index contributed by atoms with van der Waals surface area (Å²) in [4.78, 5) is 22.4. The first-order valence-electron chi connectivity index (χ1n) is 6.12. The van der Waals surface area contributed by atoms with E-state index in [1.165, 1.54) is 6.42 Å². The predicted molar refractivity (Wildman–Crippen MR) is 72.7 cm³/mol. The lowest BCUT2D eigenvalue weighted by atomic mass is 9.90. The largest absolute Gasteiger partial charge is 0.383 e. The van der Waals surface area contributed by atoms with Crippen LogP contribution in [0.15, 0.2) is 9.59 Å². The van der Waals surface area contributed by atoms with Crippen LogP contribution in [-0.4, -0.2) is 13.6 Å². The molecule has 2 N–H and O–H groups in total. The van der Waals surface area contributed by atoms with Gasteiger partial charge in [0.1, 0.15) is 11.4 Å². The molecular weight excluding hydrogens is 216 g/mol. The summed E-state index contributed by atoms with van der Waals surface area (Å²) in [6, 6.07) is 0. The molecule has 4 nitrogen and oxygen atoms in total. The summed E-state index contributed by atoms with van der Waals surface area (Å²) in [5.41, 5.74) is 0.423. The number of anilines is 2. The average molecular weight is 238 g/mol. The van der Waals surface area contributed by atoms with Gasteiger partial charge in [-0.25, -0.2) is 0 Å². The molecule has 1 aromatic carbocycles. The molecule has 0 bridgehead atoms. The minimum atomic E-state index is -0.412. The molecule has 96 valence electrons. The Morgan fingerprint density at radius 2 is 1.59 bits per heavy atom. The van der Waals surface area contributed by atoms with Crippen molar-refractivity contribution in [1.82, 2.24) is 0 Å². The number of unbranched alkanes of at least 4 members (excludes halogenated alkanes) is 1. The summed E-state index contributed by atoms with van der Waals surface area (Å²) in [6.07, 6.45) is 3.31. The lowest BCUT2D eigenvalue weighted by molar-refractivity contribution is 0.362. The zero-order valence-electron chi connectivity index (χ0n) is 11.1. The molecule has 0 spiro atoms. The Labute approximate surface area is 102 Å². The van der Waals surface area contributed by atoms with Gasteiger partial charge in [0.25, 0.3) is 10.9 Å². The second kappa shape index (κ2) is 5.34. The molecule has 0 saturated heterocycles. The fourth-order valence-electron chi connectivity index (χ4n) is 1.79. The van der Waals surface area contributed by atoms with E-state index in [1.807, 2.05) is 0 Å². The molecule has 1 aromatic rings. The monoisotopic (exact) mass is 238 g/mol. The van der Waals surface area contributed by atoms with Crippen molar-refractivity contribution in [3.05, 3.63) is 20.4 Å². The number of rotatable bonds is 6. The standard InChI is InChI=1S/C13H22N2O2/c1-13(2,3)7-5-6-8-15-10-9(14-4)11(16)12(10)17/h14-15H,5-8H2,1-4H3. The number of hydrogen-bond donors (Lipinski definition) is 2. The quantitative estimate of drug-likeness (QED) is 0.587. The highest BCUT2D eigenvalue weighted by Crippen LogP contribution is 2.21. The van der Waals surface area contributed by atoms with Gasteiger partial charge >= 0.3 is 0 Å². The first-order chi connectivity index (χ1) is 7.87. The van der Waals surface area contributed by atoms with Gasteiger partial charge in [0, 0.05) is 13.6 Å². The molecule has 0 aliphatic carbocycles. The molecule has 17 heavy (non-hydrogen) atoms. The van der Waals surface area contributed by atoms with Gasteiger partial charge in [0.05, 0.1) is 0 Å². The van der Waals surface area contributed by atoms with E-state index in [-0.39, 0.29) is 0 Å². The molecule has 0 amide bonds. The van der Waals surface area contributed by atoms with E-state index >= 15 is 0 Å². The van der Waals surface area contributed by atoms with E-state index < -0.39 is 10.9 Å². The van der Waals surface area contributed by atoms with E-state index in [0.29, 0.717) is 16.8 Å². The molecule has 0 saturated carbocycles. The van der Waals surface area contributed by atoms with Gasteiger partial charge in [-0.05, 0) is 18.3 Å². The summed E-state index contributed by atoms with van der Waals surface area (Å²) in [5.74, 6) is 0. The van der Waals surface area contributed by atoms with E-state index in [0.717, 1.165) is 19.4 Å². The van der Waals surface area contributed by atoms with Crippen LogP contribution in [0.4, 0.5) is 11.4 Å². The van der Waals surface area contributed by atoms with Crippen LogP contribution in [0, 0.1) is 5.41 Å². The molecule has 0 aliphatic rings. The Hall–Kier alpha value is -1.32. The van der Waals surface area contributed by atoms with Crippen molar-refractivity contribution in [3.63, 3.8) is 0 Å². The van der Waals surface area contributed by atoms with Crippen molar-refractivity contribution in [1.29, 1.82) is 0 Å². The average Bonchev–Trinajstić information content (AvgIpc) is 2.24. The van der Waals surface area contributed by atoms with Gasteiger partial charge in [0.2, 0.25) is 0 Å². The van der Waals surface area contributed by atoms with Crippen molar-refractivity contribution in [2.45, 2.75) is 40.0 Å². The zero-order chi connectivity index (χ0) is 13.1. The van der Waals surface area contributed by atoms with Gasteiger partial charge in [-0.2, -0.15) is 0 Å². The van der Waals surface area contributed by atoms with Crippen LogP contribution in [0.3, 0.4) is 0 Å². The Balaban J connectivity index is 2.30. The smallest absolute Gasteiger partial charge is 0.253 e. The highest BCUT2D eigenvalue weighted by Gasteiger charge is 2.18. The van der Waals surface area contributed by atoms with Crippen LogP contribution in [0.2, 0.25) is 0 Å². The van der Waals surface area contributed by atoms with Crippen molar-refractivity contribution in [2.75, 3.05) is 24.2 Å². The van der Waals surface area contributed by atoms with Crippen LogP contribution in [-0.2, 0) is 0 Å². The molecule has 0 unspecified atom stereocenters.